The number of carbonyl (C=O) groups is 2. The van der Waals surface area contributed by atoms with Crippen molar-refractivity contribution in [3.05, 3.63) is 24.3 Å². The molecule has 1 aromatic rings. The van der Waals surface area contributed by atoms with E-state index in [-0.39, 0.29) is 30.4 Å². The van der Waals surface area contributed by atoms with E-state index in [1.807, 2.05) is 0 Å². The molecule has 8 nitrogen and oxygen atoms in total. The number of ether oxygens (including phenoxy) is 2. The van der Waals surface area contributed by atoms with Gasteiger partial charge in [-0.15, -0.1) is 0 Å². The number of amides is 2. The summed E-state index contributed by atoms with van der Waals surface area (Å²) in [6.07, 6.45) is 0. The van der Waals surface area contributed by atoms with Gasteiger partial charge in [-0.05, 0) is 45.2 Å². The van der Waals surface area contributed by atoms with Crippen LogP contribution in [0.15, 0.2) is 24.3 Å². The molecule has 1 aliphatic rings. The second-order valence-electron chi connectivity index (χ2n) is 7.64. The molecule has 2 amide bonds. The first-order valence-corrected chi connectivity index (χ1v) is 9.52. The summed E-state index contributed by atoms with van der Waals surface area (Å²) in [5.41, 5.74) is 0.555. The SMILES string of the molecule is COc1ccc(NC(=O)CN(C)CC(=O)NCC(C)(C)N2CCOCC2)cc1. The fourth-order valence-corrected chi connectivity index (χ4v) is 3.07. The van der Waals surface area contributed by atoms with E-state index < -0.39 is 0 Å². The Morgan fingerprint density at radius 1 is 1.14 bits per heavy atom. The van der Waals surface area contributed by atoms with Gasteiger partial charge in [-0.25, -0.2) is 0 Å². The minimum Gasteiger partial charge on any atom is -0.497 e. The lowest BCUT2D eigenvalue weighted by atomic mass is 10.0. The zero-order valence-electron chi connectivity index (χ0n) is 17.3. The zero-order valence-corrected chi connectivity index (χ0v) is 17.3. The fourth-order valence-electron chi connectivity index (χ4n) is 3.07. The van der Waals surface area contributed by atoms with Crippen LogP contribution in [0.5, 0.6) is 5.75 Å². The van der Waals surface area contributed by atoms with Crippen LogP contribution in [0.4, 0.5) is 5.69 Å². The van der Waals surface area contributed by atoms with Crippen LogP contribution >= 0.6 is 0 Å². The molecule has 1 aliphatic heterocycles. The Balaban J connectivity index is 1.71. The number of likely N-dealkylation sites (N-methyl/N-ethyl adjacent to an activating group) is 1. The molecule has 0 saturated carbocycles. The van der Waals surface area contributed by atoms with Gasteiger partial charge in [0.25, 0.3) is 0 Å². The highest BCUT2D eigenvalue weighted by Gasteiger charge is 2.28. The number of hydrogen-bond acceptors (Lipinski definition) is 6. The van der Waals surface area contributed by atoms with Crippen LogP contribution in [0, 0.1) is 0 Å². The third kappa shape index (κ3) is 7.10. The van der Waals surface area contributed by atoms with Crippen molar-refractivity contribution in [2.75, 3.05) is 65.4 Å². The maximum atomic E-state index is 12.3. The van der Waals surface area contributed by atoms with Gasteiger partial charge in [0.15, 0.2) is 0 Å². The van der Waals surface area contributed by atoms with E-state index in [0.717, 1.165) is 32.1 Å². The summed E-state index contributed by atoms with van der Waals surface area (Å²) in [5.74, 6) is 0.460. The van der Waals surface area contributed by atoms with Crippen molar-refractivity contribution in [1.29, 1.82) is 0 Å². The largest absolute Gasteiger partial charge is 0.497 e. The van der Waals surface area contributed by atoms with Crippen molar-refractivity contribution in [3.63, 3.8) is 0 Å². The van der Waals surface area contributed by atoms with E-state index in [1.165, 1.54) is 0 Å². The number of anilines is 1. The summed E-state index contributed by atoms with van der Waals surface area (Å²) in [4.78, 5) is 28.4. The number of carbonyl (C=O) groups excluding carboxylic acids is 2. The van der Waals surface area contributed by atoms with Gasteiger partial charge in [0.2, 0.25) is 11.8 Å². The summed E-state index contributed by atoms with van der Waals surface area (Å²) < 4.78 is 10.5. The van der Waals surface area contributed by atoms with Crippen LogP contribution < -0.4 is 15.4 Å². The van der Waals surface area contributed by atoms with Gasteiger partial charge in [0.1, 0.15) is 5.75 Å². The molecule has 156 valence electrons. The molecule has 0 aliphatic carbocycles. The topological polar surface area (TPSA) is 83.1 Å². The highest BCUT2D eigenvalue weighted by molar-refractivity contribution is 5.92. The van der Waals surface area contributed by atoms with Gasteiger partial charge < -0.3 is 20.1 Å². The molecule has 8 heteroatoms. The summed E-state index contributed by atoms with van der Waals surface area (Å²) in [7, 11) is 3.34. The lowest BCUT2D eigenvalue weighted by Gasteiger charge is -2.40. The summed E-state index contributed by atoms with van der Waals surface area (Å²) >= 11 is 0. The number of methoxy groups -OCH3 is 1. The Labute approximate surface area is 167 Å². The van der Waals surface area contributed by atoms with Crippen LogP contribution in [-0.2, 0) is 14.3 Å². The first kappa shape index (κ1) is 22.1. The van der Waals surface area contributed by atoms with E-state index >= 15 is 0 Å². The number of hydrogen-bond donors (Lipinski definition) is 2. The molecule has 0 atom stereocenters. The van der Waals surface area contributed by atoms with Crippen molar-refractivity contribution >= 4 is 17.5 Å². The van der Waals surface area contributed by atoms with E-state index in [1.54, 1.807) is 43.3 Å². The fraction of sp³-hybridized carbons (Fsp3) is 0.600. The molecule has 0 spiro atoms. The van der Waals surface area contributed by atoms with E-state index in [2.05, 4.69) is 29.4 Å². The molecule has 2 N–H and O–H groups in total. The molecule has 1 heterocycles. The first-order valence-electron chi connectivity index (χ1n) is 9.52. The summed E-state index contributed by atoms with van der Waals surface area (Å²) in [6.45, 7) is 8.27. The van der Waals surface area contributed by atoms with Crippen molar-refractivity contribution in [2.24, 2.45) is 0 Å². The van der Waals surface area contributed by atoms with E-state index in [9.17, 15) is 9.59 Å². The minimum absolute atomic E-state index is 0.0962. The Morgan fingerprint density at radius 2 is 1.75 bits per heavy atom. The molecule has 0 bridgehead atoms. The van der Waals surface area contributed by atoms with Gasteiger partial charge in [0, 0.05) is 30.9 Å². The molecule has 0 radical (unpaired) electrons. The third-order valence-electron chi connectivity index (χ3n) is 4.79. The Morgan fingerprint density at radius 3 is 2.36 bits per heavy atom. The van der Waals surface area contributed by atoms with Gasteiger partial charge >= 0.3 is 0 Å². The molecular weight excluding hydrogens is 360 g/mol. The van der Waals surface area contributed by atoms with Gasteiger partial charge in [-0.1, -0.05) is 0 Å². The predicted molar refractivity (Wildman–Crippen MR) is 109 cm³/mol. The molecular formula is C20H32N4O4. The quantitative estimate of drug-likeness (QED) is 0.647. The third-order valence-corrected chi connectivity index (χ3v) is 4.79. The van der Waals surface area contributed by atoms with Crippen molar-refractivity contribution < 1.29 is 19.1 Å². The maximum absolute atomic E-state index is 12.3. The zero-order chi connectivity index (χ0) is 20.6. The van der Waals surface area contributed by atoms with Crippen molar-refractivity contribution in [3.8, 4) is 5.75 Å². The highest BCUT2D eigenvalue weighted by atomic mass is 16.5. The van der Waals surface area contributed by atoms with Crippen LogP contribution in [0.1, 0.15) is 13.8 Å². The molecule has 1 fully saturated rings. The molecule has 1 aromatic carbocycles. The minimum atomic E-state index is -0.172. The number of benzene rings is 1. The van der Waals surface area contributed by atoms with E-state index in [4.69, 9.17) is 9.47 Å². The smallest absolute Gasteiger partial charge is 0.238 e. The normalized spacial score (nSPS) is 15.3. The molecule has 1 saturated heterocycles. The monoisotopic (exact) mass is 392 g/mol. The van der Waals surface area contributed by atoms with Gasteiger partial charge in [0.05, 0.1) is 33.4 Å². The lowest BCUT2D eigenvalue weighted by Crippen LogP contribution is -2.56. The average molecular weight is 393 g/mol. The predicted octanol–water partition coefficient (Wildman–Crippen LogP) is 0.793. The molecule has 28 heavy (non-hydrogen) atoms. The molecule has 0 aromatic heterocycles. The molecule has 2 rings (SSSR count). The lowest BCUT2D eigenvalue weighted by molar-refractivity contribution is -0.123. The number of morpholine rings is 1. The summed E-state index contributed by atoms with van der Waals surface area (Å²) in [6, 6.07) is 7.11. The van der Waals surface area contributed by atoms with Crippen LogP contribution in [0.25, 0.3) is 0 Å². The number of nitrogens with one attached hydrogen (secondary N) is 2. The highest BCUT2D eigenvalue weighted by Crippen LogP contribution is 2.16. The summed E-state index contributed by atoms with van der Waals surface area (Å²) in [5, 5.41) is 5.79. The second kappa shape index (κ2) is 10.4. The number of rotatable bonds is 9. The average Bonchev–Trinajstić information content (AvgIpc) is 2.67. The van der Waals surface area contributed by atoms with Crippen LogP contribution in [0.3, 0.4) is 0 Å². The maximum Gasteiger partial charge on any atom is 0.238 e. The Bertz CT molecular complexity index is 642. The van der Waals surface area contributed by atoms with Crippen LogP contribution in [0.2, 0.25) is 0 Å². The van der Waals surface area contributed by atoms with Crippen molar-refractivity contribution in [1.82, 2.24) is 15.1 Å². The first-order chi connectivity index (χ1) is 13.3. The van der Waals surface area contributed by atoms with Crippen molar-refractivity contribution in [2.45, 2.75) is 19.4 Å². The van der Waals surface area contributed by atoms with Gasteiger partial charge in [-0.3, -0.25) is 19.4 Å². The van der Waals surface area contributed by atoms with E-state index in [0.29, 0.717) is 12.2 Å². The Kier molecular flexibility index (Phi) is 8.22. The Hall–Kier alpha value is -2.16. The second-order valence-corrected chi connectivity index (χ2v) is 7.64. The van der Waals surface area contributed by atoms with Gasteiger partial charge in [-0.2, -0.15) is 0 Å². The molecule has 0 unspecified atom stereocenters. The number of nitrogens with zero attached hydrogens (tertiary/aromatic N) is 2. The van der Waals surface area contributed by atoms with Crippen LogP contribution in [-0.4, -0.2) is 87.2 Å². The standard InChI is InChI=1S/C20H32N4O4/c1-20(2,24-9-11-28-12-10-24)15-21-18(25)13-23(3)14-19(26)22-16-5-7-17(27-4)8-6-16/h5-8H,9-15H2,1-4H3,(H,21,25)(H,22,26).